The Morgan fingerprint density at radius 1 is 1.15 bits per heavy atom. The molecule has 0 radical (unpaired) electrons. The molecule has 0 aliphatic carbocycles. The zero-order chi connectivity index (χ0) is 8.85. The van der Waals surface area contributed by atoms with Crippen LogP contribution in [0, 0.1) is 5.92 Å². The van der Waals surface area contributed by atoms with Crippen LogP contribution in [-0.2, 0) is 0 Å². The van der Waals surface area contributed by atoms with Crippen LogP contribution in [0.2, 0.25) is 0 Å². The average molecular weight is 231 g/mol. The minimum Gasteiger partial charge on any atom is -0.316 e. The maximum absolute atomic E-state index is 3.32. The first-order valence-corrected chi connectivity index (χ1v) is 4.38. The van der Waals surface area contributed by atoms with E-state index in [1.807, 2.05) is 7.05 Å². The van der Waals surface area contributed by atoms with Crippen molar-refractivity contribution in [1.82, 2.24) is 10.2 Å². The number of nitrogens with one attached hydrogen (secondary N) is 1. The van der Waals surface area contributed by atoms with Gasteiger partial charge in [0.25, 0.3) is 0 Å². The highest BCUT2D eigenvalue weighted by Gasteiger charge is 2.08. The Bertz CT molecular complexity index is 87.6. The van der Waals surface area contributed by atoms with Gasteiger partial charge >= 0.3 is 0 Å². The number of hydrogen-bond acceptors (Lipinski definition) is 2. The quantitative estimate of drug-likeness (QED) is 0.778. The third-order valence-electron chi connectivity index (χ3n) is 1.75. The molecule has 0 spiro atoms. The second-order valence-electron chi connectivity index (χ2n) is 3.88. The molecule has 0 aromatic heterocycles. The molecule has 1 atom stereocenters. The molecule has 84 valence electrons. The fourth-order valence-corrected chi connectivity index (χ4v) is 1.29. The fourth-order valence-electron chi connectivity index (χ4n) is 1.29. The highest BCUT2D eigenvalue weighted by atomic mass is 35.5. The molecule has 0 amide bonds. The maximum Gasteiger partial charge on any atom is 0.0194 e. The van der Waals surface area contributed by atoms with Crippen molar-refractivity contribution < 1.29 is 0 Å². The monoisotopic (exact) mass is 230 g/mol. The molecule has 1 unspecified atom stereocenters. The Labute approximate surface area is 95.3 Å². The van der Waals surface area contributed by atoms with Crippen LogP contribution in [0.4, 0.5) is 0 Å². The lowest BCUT2D eigenvalue weighted by Gasteiger charge is -2.21. The van der Waals surface area contributed by atoms with Gasteiger partial charge in [-0.3, -0.25) is 0 Å². The third kappa shape index (κ3) is 12.5. The van der Waals surface area contributed by atoms with Crippen LogP contribution in [0.15, 0.2) is 0 Å². The van der Waals surface area contributed by atoms with E-state index in [0.717, 1.165) is 12.5 Å². The van der Waals surface area contributed by atoms with Gasteiger partial charge in [-0.2, -0.15) is 0 Å². The van der Waals surface area contributed by atoms with E-state index in [4.69, 9.17) is 0 Å². The molecule has 0 rings (SSSR count). The van der Waals surface area contributed by atoms with Gasteiger partial charge in [-0.25, -0.2) is 0 Å². The molecule has 0 aromatic carbocycles. The maximum atomic E-state index is 3.32. The molecule has 0 aliphatic heterocycles. The first-order valence-electron chi connectivity index (χ1n) is 4.38. The highest BCUT2D eigenvalue weighted by Crippen LogP contribution is 2.04. The molecule has 0 saturated heterocycles. The second kappa shape index (κ2) is 10.6. The molecule has 4 heteroatoms. The summed E-state index contributed by atoms with van der Waals surface area (Å²) < 4.78 is 0. The largest absolute Gasteiger partial charge is 0.316 e. The summed E-state index contributed by atoms with van der Waals surface area (Å²) in [5.74, 6) is 0.785. The van der Waals surface area contributed by atoms with Crippen LogP contribution in [0.5, 0.6) is 0 Å². The Morgan fingerprint density at radius 2 is 1.62 bits per heavy atom. The van der Waals surface area contributed by atoms with E-state index >= 15 is 0 Å². The molecule has 0 aromatic rings. The van der Waals surface area contributed by atoms with Crippen LogP contribution in [0.25, 0.3) is 0 Å². The van der Waals surface area contributed by atoms with Crippen molar-refractivity contribution in [1.29, 1.82) is 0 Å². The zero-order valence-electron chi connectivity index (χ0n) is 9.33. The van der Waals surface area contributed by atoms with Crippen LogP contribution >= 0.6 is 24.8 Å². The van der Waals surface area contributed by atoms with Crippen molar-refractivity contribution in [3.8, 4) is 0 Å². The predicted octanol–water partition coefficient (Wildman–Crippen LogP) is 2.03. The summed E-state index contributed by atoms with van der Waals surface area (Å²) >= 11 is 0. The number of likely N-dealkylation sites (N-methyl/N-ethyl adjacent to an activating group) is 2. The summed E-state index contributed by atoms with van der Waals surface area (Å²) in [5.41, 5.74) is 0. The van der Waals surface area contributed by atoms with Crippen LogP contribution in [0.1, 0.15) is 20.3 Å². The lowest BCUT2D eigenvalue weighted by Crippen LogP contribution is -2.36. The van der Waals surface area contributed by atoms with Gasteiger partial charge < -0.3 is 10.2 Å². The fraction of sp³-hybridized carbons (Fsp3) is 1.00. The number of hydrogen-bond donors (Lipinski definition) is 1. The van der Waals surface area contributed by atoms with Gasteiger partial charge in [-0.05, 0) is 33.5 Å². The first kappa shape index (κ1) is 19.1. The summed E-state index contributed by atoms with van der Waals surface area (Å²) in [7, 11) is 6.27. The van der Waals surface area contributed by atoms with E-state index in [1.54, 1.807) is 0 Å². The number of rotatable bonds is 5. The summed E-state index contributed by atoms with van der Waals surface area (Å²) in [4.78, 5) is 2.23. The van der Waals surface area contributed by atoms with Crippen molar-refractivity contribution in [3.63, 3.8) is 0 Å². The van der Waals surface area contributed by atoms with E-state index < -0.39 is 0 Å². The SMILES string of the molecule is CNC(CC(C)C)CN(C)C.Cl.Cl. The topological polar surface area (TPSA) is 15.3 Å². The van der Waals surface area contributed by atoms with Gasteiger partial charge in [0.1, 0.15) is 0 Å². The lowest BCUT2D eigenvalue weighted by atomic mass is 10.0. The molecule has 13 heavy (non-hydrogen) atoms. The molecule has 0 fully saturated rings. The molecule has 0 aliphatic rings. The number of nitrogens with zero attached hydrogens (tertiary/aromatic N) is 1. The standard InChI is InChI=1S/C9H22N2.2ClH/c1-8(2)6-9(10-3)7-11(4)5;;/h8-10H,6-7H2,1-5H3;2*1H. The minimum atomic E-state index is 0. The minimum absolute atomic E-state index is 0. The zero-order valence-corrected chi connectivity index (χ0v) is 11.0. The van der Waals surface area contributed by atoms with Crippen LogP contribution < -0.4 is 5.32 Å². The van der Waals surface area contributed by atoms with E-state index in [1.165, 1.54) is 6.42 Å². The van der Waals surface area contributed by atoms with Crippen molar-refractivity contribution in [3.05, 3.63) is 0 Å². The predicted molar refractivity (Wildman–Crippen MR) is 65.4 cm³/mol. The first-order chi connectivity index (χ1) is 5.06. The summed E-state index contributed by atoms with van der Waals surface area (Å²) in [6.45, 7) is 5.66. The van der Waals surface area contributed by atoms with Gasteiger partial charge in [0.2, 0.25) is 0 Å². The lowest BCUT2D eigenvalue weighted by molar-refractivity contribution is 0.317. The highest BCUT2D eigenvalue weighted by molar-refractivity contribution is 5.85. The van der Waals surface area contributed by atoms with Gasteiger partial charge in [0.15, 0.2) is 0 Å². The summed E-state index contributed by atoms with van der Waals surface area (Å²) in [5, 5.41) is 3.32. The normalized spacial score (nSPS) is 12.2. The van der Waals surface area contributed by atoms with E-state index in [-0.39, 0.29) is 24.8 Å². The van der Waals surface area contributed by atoms with Gasteiger partial charge in [0, 0.05) is 12.6 Å². The Hall–Kier alpha value is 0.500. The Morgan fingerprint density at radius 3 is 1.85 bits per heavy atom. The smallest absolute Gasteiger partial charge is 0.0194 e. The summed E-state index contributed by atoms with van der Waals surface area (Å²) in [6, 6.07) is 0.644. The second-order valence-corrected chi connectivity index (χ2v) is 3.88. The van der Waals surface area contributed by atoms with Crippen molar-refractivity contribution >= 4 is 24.8 Å². The molecule has 0 saturated carbocycles. The van der Waals surface area contributed by atoms with Crippen molar-refractivity contribution in [2.24, 2.45) is 5.92 Å². The van der Waals surface area contributed by atoms with E-state index in [2.05, 4.69) is 38.2 Å². The molecular weight excluding hydrogens is 207 g/mol. The number of halogens is 2. The molecule has 1 N–H and O–H groups in total. The van der Waals surface area contributed by atoms with Crippen molar-refractivity contribution in [2.75, 3.05) is 27.7 Å². The molecule has 0 bridgehead atoms. The van der Waals surface area contributed by atoms with E-state index in [0.29, 0.717) is 6.04 Å². The van der Waals surface area contributed by atoms with Crippen LogP contribution in [0.3, 0.4) is 0 Å². The van der Waals surface area contributed by atoms with Crippen LogP contribution in [-0.4, -0.2) is 38.6 Å². The molecule has 2 nitrogen and oxygen atoms in total. The van der Waals surface area contributed by atoms with Gasteiger partial charge in [-0.1, -0.05) is 13.8 Å². The van der Waals surface area contributed by atoms with Gasteiger partial charge in [-0.15, -0.1) is 24.8 Å². The Kier molecular flexibility index (Phi) is 15.6. The Balaban J connectivity index is -0.000000500. The van der Waals surface area contributed by atoms with Gasteiger partial charge in [0.05, 0.1) is 0 Å². The van der Waals surface area contributed by atoms with Crippen molar-refractivity contribution in [2.45, 2.75) is 26.3 Å². The molecular formula is C9H24Cl2N2. The average Bonchev–Trinajstić information content (AvgIpc) is 1.84. The summed E-state index contributed by atoms with van der Waals surface area (Å²) in [6.07, 6.45) is 1.26. The third-order valence-corrected chi connectivity index (χ3v) is 1.75. The molecule has 0 heterocycles. The van der Waals surface area contributed by atoms with E-state index in [9.17, 15) is 0 Å².